The fourth-order valence-corrected chi connectivity index (χ4v) is 2.64. The van der Waals surface area contributed by atoms with Crippen molar-refractivity contribution in [3.05, 3.63) is 70.7 Å². The van der Waals surface area contributed by atoms with Gasteiger partial charge in [0.25, 0.3) is 0 Å². The van der Waals surface area contributed by atoms with Gasteiger partial charge in [0.1, 0.15) is 6.10 Å². The van der Waals surface area contributed by atoms with E-state index in [0.717, 1.165) is 0 Å². The van der Waals surface area contributed by atoms with Crippen molar-refractivity contribution < 1.29 is 14.3 Å². The van der Waals surface area contributed by atoms with Crippen LogP contribution < -0.4 is 0 Å². The third-order valence-electron chi connectivity index (χ3n) is 3.76. The SMILES string of the molecule is CO[C@H](C(=O)c1ccc(Cl)cc1)[C@H](C)CC(=O)c1ccccc1. The number of rotatable bonds is 7. The van der Waals surface area contributed by atoms with Crippen LogP contribution in [0.15, 0.2) is 54.6 Å². The molecular formula is C19H19ClO3. The van der Waals surface area contributed by atoms with E-state index in [0.29, 0.717) is 16.1 Å². The number of halogens is 1. The van der Waals surface area contributed by atoms with Crippen molar-refractivity contribution in [3.8, 4) is 0 Å². The van der Waals surface area contributed by atoms with Gasteiger partial charge in [-0.15, -0.1) is 0 Å². The van der Waals surface area contributed by atoms with Gasteiger partial charge in [-0.2, -0.15) is 0 Å². The molecule has 120 valence electrons. The third kappa shape index (κ3) is 4.50. The highest BCUT2D eigenvalue weighted by Gasteiger charge is 2.27. The Morgan fingerprint density at radius 3 is 2.17 bits per heavy atom. The van der Waals surface area contributed by atoms with Crippen LogP contribution in [0.4, 0.5) is 0 Å². The van der Waals surface area contributed by atoms with Gasteiger partial charge in [-0.3, -0.25) is 9.59 Å². The molecule has 2 aromatic rings. The minimum atomic E-state index is -0.663. The van der Waals surface area contributed by atoms with Crippen LogP contribution in [-0.4, -0.2) is 24.8 Å². The largest absolute Gasteiger partial charge is 0.373 e. The molecule has 4 heteroatoms. The predicted octanol–water partition coefficient (Wildman–Crippen LogP) is 4.45. The molecule has 0 fully saturated rings. The van der Waals surface area contributed by atoms with Crippen molar-refractivity contribution in [2.45, 2.75) is 19.4 Å². The Morgan fingerprint density at radius 1 is 1.00 bits per heavy atom. The normalized spacial score (nSPS) is 13.3. The summed E-state index contributed by atoms with van der Waals surface area (Å²) in [6.07, 6.45) is -0.411. The lowest BCUT2D eigenvalue weighted by Crippen LogP contribution is -2.31. The topological polar surface area (TPSA) is 43.4 Å². The molecule has 0 aliphatic carbocycles. The van der Waals surface area contributed by atoms with E-state index in [1.807, 2.05) is 25.1 Å². The first kappa shape index (κ1) is 17.4. The van der Waals surface area contributed by atoms with Crippen LogP contribution in [0.3, 0.4) is 0 Å². The Hall–Kier alpha value is -1.97. The van der Waals surface area contributed by atoms with E-state index >= 15 is 0 Å². The van der Waals surface area contributed by atoms with Gasteiger partial charge < -0.3 is 4.74 Å². The van der Waals surface area contributed by atoms with E-state index in [-0.39, 0.29) is 23.9 Å². The van der Waals surface area contributed by atoms with Gasteiger partial charge >= 0.3 is 0 Å². The molecule has 0 aliphatic heterocycles. The van der Waals surface area contributed by atoms with Crippen molar-refractivity contribution in [2.75, 3.05) is 7.11 Å². The Labute approximate surface area is 141 Å². The standard InChI is InChI=1S/C19H19ClO3/c1-13(12-17(21)14-6-4-3-5-7-14)19(23-2)18(22)15-8-10-16(20)11-9-15/h3-11,13,19H,12H2,1-2H3/t13-,19+/m1/s1. The molecule has 0 aliphatic rings. The molecule has 0 bridgehead atoms. The van der Waals surface area contributed by atoms with E-state index in [1.54, 1.807) is 36.4 Å². The maximum absolute atomic E-state index is 12.6. The molecular weight excluding hydrogens is 312 g/mol. The van der Waals surface area contributed by atoms with Crippen molar-refractivity contribution in [3.63, 3.8) is 0 Å². The monoisotopic (exact) mass is 330 g/mol. The number of carbonyl (C=O) groups is 2. The highest BCUT2D eigenvalue weighted by molar-refractivity contribution is 6.30. The zero-order chi connectivity index (χ0) is 16.8. The summed E-state index contributed by atoms with van der Waals surface area (Å²) in [4.78, 5) is 24.9. The van der Waals surface area contributed by atoms with Gasteiger partial charge in [0.05, 0.1) is 0 Å². The van der Waals surface area contributed by atoms with Gasteiger partial charge in [-0.05, 0) is 30.2 Å². The molecule has 0 aromatic heterocycles. The molecule has 0 heterocycles. The summed E-state index contributed by atoms with van der Waals surface area (Å²) in [5, 5.41) is 0.572. The Morgan fingerprint density at radius 2 is 1.61 bits per heavy atom. The average Bonchev–Trinajstić information content (AvgIpc) is 2.56. The second-order valence-electron chi connectivity index (χ2n) is 5.50. The summed E-state index contributed by atoms with van der Waals surface area (Å²) in [6.45, 7) is 1.85. The number of carbonyl (C=O) groups excluding carboxylic acids is 2. The zero-order valence-corrected chi connectivity index (χ0v) is 13.9. The molecule has 0 N–H and O–H groups in total. The molecule has 0 saturated heterocycles. The van der Waals surface area contributed by atoms with Crippen LogP contribution in [0, 0.1) is 5.92 Å². The third-order valence-corrected chi connectivity index (χ3v) is 4.01. The first-order valence-corrected chi connectivity index (χ1v) is 7.81. The van der Waals surface area contributed by atoms with E-state index in [1.165, 1.54) is 7.11 Å². The number of benzene rings is 2. The van der Waals surface area contributed by atoms with Gasteiger partial charge in [-0.25, -0.2) is 0 Å². The second-order valence-corrected chi connectivity index (χ2v) is 5.93. The number of ketones is 2. The van der Waals surface area contributed by atoms with Gasteiger partial charge in [0.15, 0.2) is 11.6 Å². The predicted molar refractivity (Wildman–Crippen MR) is 91.1 cm³/mol. The first-order valence-electron chi connectivity index (χ1n) is 7.43. The molecule has 0 radical (unpaired) electrons. The lowest BCUT2D eigenvalue weighted by molar-refractivity contribution is 0.0408. The van der Waals surface area contributed by atoms with Crippen molar-refractivity contribution in [2.24, 2.45) is 5.92 Å². The Kier molecular flexibility index (Phi) is 6.08. The van der Waals surface area contributed by atoms with Crippen LogP contribution >= 0.6 is 11.6 Å². The highest BCUT2D eigenvalue weighted by atomic mass is 35.5. The lowest BCUT2D eigenvalue weighted by atomic mass is 9.90. The molecule has 0 amide bonds. The summed E-state index contributed by atoms with van der Waals surface area (Å²) >= 11 is 5.84. The maximum Gasteiger partial charge on any atom is 0.191 e. The van der Waals surface area contributed by atoms with Crippen molar-refractivity contribution >= 4 is 23.2 Å². The van der Waals surface area contributed by atoms with Gasteiger partial charge in [-0.1, -0.05) is 48.9 Å². The summed E-state index contributed by atoms with van der Waals surface area (Å²) < 4.78 is 5.36. The van der Waals surface area contributed by atoms with Crippen molar-refractivity contribution in [1.29, 1.82) is 0 Å². The molecule has 2 rings (SSSR count). The van der Waals surface area contributed by atoms with Crippen LogP contribution in [0.25, 0.3) is 0 Å². The summed E-state index contributed by atoms with van der Waals surface area (Å²) in [5.41, 5.74) is 1.17. The van der Waals surface area contributed by atoms with Crippen LogP contribution in [0.5, 0.6) is 0 Å². The Bertz CT molecular complexity index is 665. The number of hydrogen-bond donors (Lipinski definition) is 0. The van der Waals surface area contributed by atoms with Gasteiger partial charge in [0, 0.05) is 29.7 Å². The first-order chi connectivity index (χ1) is 11.0. The van der Waals surface area contributed by atoms with E-state index < -0.39 is 6.10 Å². The number of hydrogen-bond acceptors (Lipinski definition) is 3. The number of methoxy groups -OCH3 is 1. The number of Topliss-reactive ketones (excluding diaryl/α,β-unsaturated/α-hetero) is 2. The molecule has 2 aromatic carbocycles. The average molecular weight is 331 g/mol. The maximum atomic E-state index is 12.6. The summed E-state index contributed by atoms with van der Waals surface area (Å²) in [5.74, 6) is -0.363. The molecule has 2 atom stereocenters. The van der Waals surface area contributed by atoms with Crippen LogP contribution in [-0.2, 0) is 4.74 Å². The molecule has 0 spiro atoms. The fraction of sp³-hybridized carbons (Fsp3) is 0.263. The van der Waals surface area contributed by atoms with E-state index in [4.69, 9.17) is 16.3 Å². The molecule has 23 heavy (non-hydrogen) atoms. The summed E-state index contributed by atoms with van der Waals surface area (Å²) in [7, 11) is 1.49. The van der Waals surface area contributed by atoms with Crippen LogP contribution in [0.2, 0.25) is 5.02 Å². The minimum Gasteiger partial charge on any atom is -0.373 e. The Balaban J connectivity index is 2.09. The van der Waals surface area contributed by atoms with E-state index in [9.17, 15) is 9.59 Å². The second kappa shape index (κ2) is 8.04. The molecule has 3 nitrogen and oxygen atoms in total. The van der Waals surface area contributed by atoms with E-state index in [2.05, 4.69) is 0 Å². The molecule has 0 unspecified atom stereocenters. The summed E-state index contributed by atoms with van der Waals surface area (Å²) in [6, 6.07) is 15.7. The quantitative estimate of drug-likeness (QED) is 0.704. The van der Waals surface area contributed by atoms with Gasteiger partial charge in [0.2, 0.25) is 0 Å². The number of ether oxygens (including phenoxy) is 1. The highest BCUT2D eigenvalue weighted by Crippen LogP contribution is 2.20. The lowest BCUT2D eigenvalue weighted by Gasteiger charge is -2.21. The smallest absolute Gasteiger partial charge is 0.191 e. The molecule has 0 saturated carbocycles. The van der Waals surface area contributed by atoms with Crippen LogP contribution in [0.1, 0.15) is 34.1 Å². The fourth-order valence-electron chi connectivity index (χ4n) is 2.52. The minimum absolute atomic E-state index is 0.00376. The van der Waals surface area contributed by atoms with Crippen molar-refractivity contribution in [1.82, 2.24) is 0 Å². The zero-order valence-electron chi connectivity index (χ0n) is 13.2.